The van der Waals surface area contributed by atoms with Crippen molar-refractivity contribution in [3.8, 4) is 0 Å². The quantitative estimate of drug-likeness (QED) is 0.560. The van der Waals surface area contributed by atoms with Crippen molar-refractivity contribution in [2.75, 3.05) is 24.5 Å². The molecule has 90 valence electrons. The van der Waals surface area contributed by atoms with Crippen molar-refractivity contribution in [1.29, 1.82) is 0 Å². The van der Waals surface area contributed by atoms with E-state index in [0.29, 0.717) is 26.1 Å². The summed E-state index contributed by atoms with van der Waals surface area (Å²) in [6.07, 6.45) is 2.99. The molecule has 0 spiro atoms. The number of amides is 1. The van der Waals surface area contributed by atoms with E-state index in [9.17, 15) is 14.9 Å². The molecule has 2 heterocycles. The Kier molecular flexibility index (Phi) is 3.12. The van der Waals surface area contributed by atoms with Gasteiger partial charge in [-0.25, -0.2) is 4.98 Å². The highest BCUT2D eigenvalue weighted by molar-refractivity contribution is 5.77. The number of nitrogens with one attached hydrogen (secondary N) is 1. The van der Waals surface area contributed by atoms with Gasteiger partial charge in [0, 0.05) is 26.1 Å². The van der Waals surface area contributed by atoms with Gasteiger partial charge in [0.2, 0.25) is 11.7 Å². The number of rotatable bonds is 2. The molecule has 0 atom stereocenters. The van der Waals surface area contributed by atoms with Crippen LogP contribution in [0.5, 0.6) is 0 Å². The van der Waals surface area contributed by atoms with Gasteiger partial charge in [0.25, 0.3) is 0 Å². The number of aromatic nitrogens is 2. The van der Waals surface area contributed by atoms with Crippen molar-refractivity contribution >= 4 is 17.5 Å². The molecule has 1 fully saturated rings. The molecule has 8 heteroatoms. The smallest absolute Gasteiger partial charge is 0.358 e. The molecule has 17 heavy (non-hydrogen) atoms. The van der Waals surface area contributed by atoms with Gasteiger partial charge >= 0.3 is 5.82 Å². The number of anilines is 1. The molecule has 1 aromatic heterocycles. The number of carbonyl (C=O) groups is 1. The Balaban J connectivity index is 2.26. The van der Waals surface area contributed by atoms with Gasteiger partial charge in [0.15, 0.2) is 6.20 Å². The van der Waals surface area contributed by atoms with Crippen molar-refractivity contribution in [1.82, 2.24) is 15.3 Å². The van der Waals surface area contributed by atoms with Crippen LogP contribution < -0.4 is 10.2 Å². The van der Waals surface area contributed by atoms with E-state index in [2.05, 4.69) is 15.3 Å². The Morgan fingerprint density at radius 2 is 2.12 bits per heavy atom. The molecule has 0 radical (unpaired) electrons. The molecule has 1 aromatic rings. The van der Waals surface area contributed by atoms with Gasteiger partial charge in [-0.15, -0.1) is 0 Å². The standard InChI is InChI=1S/C9H11N5O3/c15-7-1-5-13(6-4-10-7)8-9(14(16)17)12-3-2-11-8/h2-3H,1,4-6H2,(H,10,15). The molecule has 0 aromatic carbocycles. The van der Waals surface area contributed by atoms with Gasteiger partial charge in [0.05, 0.1) is 6.20 Å². The third-order valence-electron chi connectivity index (χ3n) is 2.45. The Hall–Kier alpha value is -2.25. The molecule has 1 amide bonds. The Morgan fingerprint density at radius 1 is 1.35 bits per heavy atom. The number of carbonyl (C=O) groups excluding carboxylic acids is 1. The fourth-order valence-electron chi connectivity index (χ4n) is 1.65. The van der Waals surface area contributed by atoms with Gasteiger partial charge in [-0.2, -0.15) is 0 Å². The highest BCUT2D eigenvalue weighted by Gasteiger charge is 2.24. The Bertz CT molecular complexity index is 450. The van der Waals surface area contributed by atoms with Crippen LogP contribution in [0, 0.1) is 10.1 Å². The molecule has 1 N–H and O–H groups in total. The van der Waals surface area contributed by atoms with E-state index >= 15 is 0 Å². The molecule has 0 saturated carbocycles. The minimum Gasteiger partial charge on any atom is -0.358 e. The van der Waals surface area contributed by atoms with Gasteiger partial charge < -0.3 is 20.3 Å². The Morgan fingerprint density at radius 3 is 2.88 bits per heavy atom. The maximum atomic E-state index is 11.2. The summed E-state index contributed by atoms with van der Waals surface area (Å²) in [6, 6.07) is 0. The monoisotopic (exact) mass is 237 g/mol. The van der Waals surface area contributed by atoms with Crippen LogP contribution in [0.4, 0.5) is 11.6 Å². The first-order chi connectivity index (χ1) is 8.18. The average Bonchev–Trinajstić information content (AvgIpc) is 2.54. The topological polar surface area (TPSA) is 101 Å². The van der Waals surface area contributed by atoms with Crippen molar-refractivity contribution < 1.29 is 9.72 Å². The van der Waals surface area contributed by atoms with E-state index in [1.807, 2.05) is 0 Å². The first-order valence-corrected chi connectivity index (χ1v) is 5.15. The summed E-state index contributed by atoms with van der Waals surface area (Å²) < 4.78 is 0. The zero-order valence-electron chi connectivity index (χ0n) is 9.00. The zero-order chi connectivity index (χ0) is 12.3. The molecule has 1 saturated heterocycles. The second-order valence-electron chi connectivity index (χ2n) is 3.55. The summed E-state index contributed by atoms with van der Waals surface area (Å²) in [4.78, 5) is 30.8. The highest BCUT2D eigenvalue weighted by atomic mass is 16.6. The lowest BCUT2D eigenvalue weighted by molar-refractivity contribution is -0.389. The van der Waals surface area contributed by atoms with Crippen LogP contribution in [0.15, 0.2) is 12.4 Å². The lowest BCUT2D eigenvalue weighted by atomic mass is 10.3. The van der Waals surface area contributed by atoms with Gasteiger partial charge in [-0.3, -0.25) is 4.79 Å². The lowest BCUT2D eigenvalue weighted by Gasteiger charge is -2.19. The van der Waals surface area contributed by atoms with E-state index in [0.717, 1.165) is 0 Å². The van der Waals surface area contributed by atoms with Crippen molar-refractivity contribution in [3.63, 3.8) is 0 Å². The van der Waals surface area contributed by atoms with E-state index < -0.39 is 4.92 Å². The predicted octanol–water partition coefficient (Wildman–Crippen LogP) is -0.289. The average molecular weight is 237 g/mol. The third-order valence-corrected chi connectivity index (χ3v) is 2.45. The highest BCUT2D eigenvalue weighted by Crippen LogP contribution is 2.22. The minimum atomic E-state index is -0.567. The lowest BCUT2D eigenvalue weighted by Crippen LogP contribution is -2.29. The van der Waals surface area contributed by atoms with Crippen LogP contribution in [-0.2, 0) is 4.79 Å². The van der Waals surface area contributed by atoms with Crippen LogP contribution in [0.25, 0.3) is 0 Å². The maximum Gasteiger partial charge on any atom is 0.406 e. The first kappa shape index (κ1) is 11.2. The molecule has 1 aliphatic rings. The normalized spacial score (nSPS) is 16.2. The van der Waals surface area contributed by atoms with E-state index in [-0.39, 0.29) is 17.5 Å². The summed E-state index contributed by atoms with van der Waals surface area (Å²) in [5.74, 6) is -0.116. The van der Waals surface area contributed by atoms with Crippen LogP contribution in [-0.4, -0.2) is 40.4 Å². The number of hydrogen-bond acceptors (Lipinski definition) is 6. The van der Waals surface area contributed by atoms with Crippen molar-refractivity contribution in [2.45, 2.75) is 6.42 Å². The summed E-state index contributed by atoms with van der Waals surface area (Å²) in [5.41, 5.74) is 0. The van der Waals surface area contributed by atoms with Gasteiger partial charge in [0.1, 0.15) is 0 Å². The summed E-state index contributed by atoms with van der Waals surface area (Å²) in [5, 5.41) is 13.5. The minimum absolute atomic E-state index is 0.0564. The van der Waals surface area contributed by atoms with Crippen molar-refractivity contribution in [3.05, 3.63) is 22.5 Å². The van der Waals surface area contributed by atoms with E-state index in [1.54, 1.807) is 4.90 Å². The second-order valence-corrected chi connectivity index (χ2v) is 3.55. The van der Waals surface area contributed by atoms with Crippen LogP contribution >= 0.6 is 0 Å². The molecule has 2 rings (SSSR count). The summed E-state index contributed by atoms with van der Waals surface area (Å²) in [6.45, 7) is 1.35. The predicted molar refractivity (Wildman–Crippen MR) is 58.5 cm³/mol. The molecule has 1 aliphatic heterocycles. The largest absolute Gasteiger partial charge is 0.406 e. The molecule has 8 nitrogen and oxygen atoms in total. The van der Waals surface area contributed by atoms with Crippen LogP contribution in [0.2, 0.25) is 0 Å². The SMILES string of the molecule is O=C1CCN(c2nccnc2[N+](=O)[O-])CCN1. The first-order valence-electron chi connectivity index (χ1n) is 5.15. The second kappa shape index (κ2) is 4.73. The molecular formula is C9H11N5O3. The zero-order valence-corrected chi connectivity index (χ0v) is 9.00. The van der Waals surface area contributed by atoms with Crippen LogP contribution in [0.3, 0.4) is 0 Å². The molecular weight excluding hydrogens is 226 g/mol. The number of nitrogens with zero attached hydrogens (tertiary/aromatic N) is 4. The summed E-state index contributed by atoms with van der Waals surface area (Å²) in [7, 11) is 0. The van der Waals surface area contributed by atoms with Crippen LogP contribution in [0.1, 0.15) is 6.42 Å². The Labute approximate surface area is 96.8 Å². The fraction of sp³-hybridized carbons (Fsp3) is 0.444. The number of nitro groups is 1. The maximum absolute atomic E-state index is 11.2. The van der Waals surface area contributed by atoms with E-state index in [4.69, 9.17) is 0 Å². The van der Waals surface area contributed by atoms with Gasteiger partial charge in [-0.05, 0) is 9.91 Å². The molecule has 0 bridgehead atoms. The van der Waals surface area contributed by atoms with Crippen molar-refractivity contribution in [2.24, 2.45) is 0 Å². The van der Waals surface area contributed by atoms with E-state index in [1.165, 1.54) is 12.4 Å². The summed E-state index contributed by atoms with van der Waals surface area (Å²) >= 11 is 0. The van der Waals surface area contributed by atoms with Gasteiger partial charge in [-0.1, -0.05) is 0 Å². The molecule has 0 unspecified atom stereocenters. The third kappa shape index (κ3) is 2.47. The fourth-order valence-corrected chi connectivity index (χ4v) is 1.65. The number of hydrogen-bond donors (Lipinski definition) is 1. The molecule has 0 aliphatic carbocycles.